The highest BCUT2D eigenvalue weighted by Crippen LogP contribution is 2.31. The van der Waals surface area contributed by atoms with Crippen LogP contribution < -0.4 is 0 Å². The van der Waals surface area contributed by atoms with E-state index in [2.05, 4.69) is 27.7 Å². The van der Waals surface area contributed by atoms with Crippen molar-refractivity contribution in [2.24, 2.45) is 0 Å². The molecule has 0 radical (unpaired) electrons. The van der Waals surface area contributed by atoms with Crippen LogP contribution in [0.15, 0.2) is 0 Å². The van der Waals surface area contributed by atoms with Crippen molar-refractivity contribution in [2.45, 2.75) is 58.2 Å². The normalized spacial score (nSPS) is 12.5. The third kappa shape index (κ3) is 2.90. The van der Waals surface area contributed by atoms with Gasteiger partial charge in [-0.1, -0.05) is 40.5 Å². The third-order valence-electron chi connectivity index (χ3n) is 2.81. The van der Waals surface area contributed by atoms with Gasteiger partial charge in [0.05, 0.1) is 0 Å². The van der Waals surface area contributed by atoms with Gasteiger partial charge in [0.15, 0.2) is 8.32 Å². The van der Waals surface area contributed by atoms with Crippen LogP contribution >= 0.6 is 0 Å². The molecule has 12 heavy (non-hydrogen) atoms. The molecule has 0 fully saturated rings. The van der Waals surface area contributed by atoms with Gasteiger partial charge in [-0.05, 0) is 17.6 Å². The zero-order chi connectivity index (χ0) is 9.61. The van der Waals surface area contributed by atoms with Crippen LogP contribution in [0.1, 0.15) is 40.5 Å². The standard InChI is InChI=1S/C10H24OSi/c1-6-8-12(11-5,9-7-2)10(3)4/h10H,6-9H2,1-5H3. The molecule has 0 saturated carbocycles. The summed E-state index contributed by atoms with van der Waals surface area (Å²) in [5.41, 5.74) is 0.766. The van der Waals surface area contributed by atoms with Gasteiger partial charge in [0.1, 0.15) is 0 Å². The van der Waals surface area contributed by atoms with Gasteiger partial charge >= 0.3 is 0 Å². The molecular weight excluding hydrogens is 164 g/mol. The number of hydrogen-bond donors (Lipinski definition) is 0. The number of hydrogen-bond acceptors (Lipinski definition) is 1. The molecule has 0 aliphatic carbocycles. The quantitative estimate of drug-likeness (QED) is 0.576. The van der Waals surface area contributed by atoms with Crippen LogP contribution in [0.2, 0.25) is 17.6 Å². The Labute approximate surface area is 78.6 Å². The molecule has 0 atom stereocenters. The molecule has 0 aliphatic heterocycles. The lowest BCUT2D eigenvalue weighted by molar-refractivity contribution is 0.377. The minimum Gasteiger partial charge on any atom is -0.420 e. The lowest BCUT2D eigenvalue weighted by atomic mass is 10.5. The van der Waals surface area contributed by atoms with Crippen molar-refractivity contribution in [3.63, 3.8) is 0 Å². The second-order valence-corrected chi connectivity index (χ2v) is 8.62. The molecule has 0 unspecified atom stereocenters. The lowest BCUT2D eigenvalue weighted by Gasteiger charge is -2.33. The Bertz CT molecular complexity index is 106. The molecule has 0 aromatic heterocycles. The fraction of sp³-hybridized carbons (Fsp3) is 1.00. The zero-order valence-electron chi connectivity index (χ0n) is 9.31. The van der Waals surface area contributed by atoms with Crippen LogP contribution in [0.5, 0.6) is 0 Å². The highest BCUT2D eigenvalue weighted by molar-refractivity contribution is 6.75. The van der Waals surface area contributed by atoms with Gasteiger partial charge in [-0.15, -0.1) is 0 Å². The van der Waals surface area contributed by atoms with Crippen molar-refractivity contribution in [3.8, 4) is 0 Å². The summed E-state index contributed by atoms with van der Waals surface area (Å²) in [4.78, 5) is 0. The van der Waals surface area contributed by atoms with Crippen LogP contribution in [-0.4, -0.2) is 15.4 Å². The smallest absolute Gasteiger partial charge is 0.194 e. The van der Waals surface area contributed by atoms with E-state index >= 15 is 0 Å². The van der Waals surface area contributed by atoms with Gasteiger partial charge in [0, 0.05) is 7.11 Å². The van der Waals surface area contributed by atoms with E-state index < -0.39 is 8.32 Å². The summed E-state index contributed by atoms with van der Waals surface area (Å²) < 4.78 is 5.82. The summed E-state index contributed by atoms with van der Waals surface area (Å²) >= 11 is 0. The van der Waals surface area contributed by atoms with E-state index in [0.29, 0.717) is 0 Å². The molecule has 0 heterocycles. The van der Waals surface area contributed by atoms with Crippen LogP contribution in [0.3, 0.4) is 0 Å². The molecule has 0 aromatic rings. The van der Waals surface area contributed by atoms with E-state index in [9.17, 15) is 0 Å². The number of rotatable bonds is 6. The van der Waals surface area contributed by atoms with E-state index in [4.69, 9.17) is 4.43 Å². The summed E-state index contributed by atoms with van der Waals surface area (Å²) in [6.07, 6.45) is 2.55. The van der Waals surface area contributed by atoms with Gasteiger partial charge in [-0.3, -0.25) is 0 Å². The Kier molecular flexibility index (Phi) is 5.84. The maximum Gasteiger partial charge on any atom is 0.194 e. The van der Waals surface area contributed by atoms with Gasteiger partial charge in [-0.25, -0.2) is 0 Å². The van der Waals surface area contributed by atoms with E-state index in [0.717, 1.165) is 5.54 Å². The first-order valence-electron chi connectivity index (χ1n) is 5.18. The summed E-state index contributed by atoms with van der Waals surface area (Å²) in [6, 6.07) is 2.66. The largest absolute Gasteiger partial charge is 0.420 e. The Morgan fingerprint density at radius 3 is 1.67 bits per heavy atom. The van der Waals surface area contributed by atoms with Crippen molar-refractivity contribution in [1.82, 2.24) is 0 Å². The summed E-state index contributed by atoms with van der Waals surface area (Å²) in [5, 5.41) is 0. The summed E-state index contributed by atoms with van der Waals surface area (Å²) in [5.74, 6) is 0. The Morgan fingerprint density at radius 1 is 1.08 bits per heavy atom. The van der Waals surface area contributed by atoms with E-state index in [1.807, 2.05) is 7.11 Å². The summed E-state index contributed by atoms with van der Waals surface area (Å²) in [7, 11) is 0.567. The minimum absolute atomic E-state index is 0.766. The van der Waals surface area contributed by atoms with Gasteiger partial charge in [0.25, 0.3) is 0 Å². The van der Waals surface area contributed by atoms with Gasteiger partial charge in [0.2, 0.25) is 0 Å². The molecule has 0 bridgehead atoms. The predicted octanol–water partition coefficient (Wildman–Crippen LogP) is 3.81. The Balaban J connectivity index is 4.28. The average molecular weight is 188 g/mol. The topological polar surface area (TPSA) is 9.23 Å². The third-order valence-corrected chi connectivity index (χ3v) is 8.42. The SMILES string of the molecule is CCC[Si](CCC)(OC)C(C)C. The van der Waals surface area contributed by atoms with Gasteiger partial charge < -0.3 is 4.43 Å². The molecule has 0 saturated heterocycles. The molecule has 0 aliphatic rings. The average Bonchev–Trinajstić information content (AvgIpc) is 2.03. The fourth-order valence-corrected chi connectivity index (χ4v) is 5.97. The molecule has 0 amide bonds. The minimum atomic E-state index is -1.35. The van der Waals surface area contributed by atoms with Crippen molar-refractivity contribution >= 4 is 8.32 Å². The van der Waals surface area contributed by atoms with Crippen LogP contribution in [-0.2, 0) is 4.43 Å². The molecule has 1 nitrogen and oxygen atoms in total. The molecular formula is C10H24OSi. The van der Waals surface area contributed by atoms with Crippen molar-refractivity contribution in [1.29, 1.82) is 0 Å². The van der Waals surface area contributed by atoms with Crippen LogP contribution in [0, 0.1) is 0 Å². The first-order chi connectivity index (χ1) is 5.63. The summed E-state index contributed by atoms with van der Waals surface area (Å²) in [6.45, 7) is 9.17. The Morgan fingerprint density at radius 2 is 1.50 bits per heavy atom. The molecule has 0 aromatic carbocycles. The molecule has 0 spiro atoms. The van der Waals surface area contributed by atoms with E-state index in [1.165, 1.54) is 24.9 Å². The highest BCUT2D eigenvalue weighted by atomic mass is 28.4. The first-order valence-corrected chi connectivity index (χ1v) is 7.58. The molecule has 2 heteroatoms. The van der Waals surface area contributed by atoms with Crippen LogP contribution in [0.25, 0.3) is 0 Å². The van der Waals surface area contributed by atoms with Crippen molar-refractivity contribution < 1.29 is 4.43 Å². The molecule has 0 rings (SSSR count). The van der Waals surface area contributed by atoms with Gasteiger partial charge in [-0.2, -0.15) is 0 Å². The first kappa shape index (κ1) is 12.2. The van der Waals surface area contributed by atoms with Crippen molar-refractivity contribution in [2.75, 3.05) is 7.11 Å². The lowest BCUT2D eigenvalue weighted by Crippen LogP contribution is -2.39. The second-order valence-electron chi connectivity index (χ2n) is 3.92. The van der Waals surface area contributed by atoms with Crippen molar-refractivity contribution in [3.05, 3.63) is 0 Å². The predicted molar refractivity (Wildman–Crippen MR) is 58.1 cm³/mol. The highest BCUT2D eigenvalue weighted by Gasteiger charge is 2.35. The van der Waals surface area contributed by atoms with Crippen LogP contribution in [0.4, 0.5) is 0 Å². The molecule has 74 valence electrons. The molecule has 0 N–H and O–H groups in total. The Hall–Kier alpha value is 0.177. The monoisotopic (exact) mass is 188 g/mol. The van der Waals surface area contributed by atoms with E-state index in [-0.39, 0.29) is 0 Å². The zero-order valence-corrected chi connectivity index (χ0v) is 10.3. The second kappa shape index (κ2) is 5.76. The fourth-order valence-electron chi connectivity index (χ4n) is 1.99. The maximum atomic E-state index is 5.82. The maximum absolute atomic E-state index is 5.82. The van der Waals surface area contributed by atoms with E-state index in [1.54, 1.807) is 0 Å².